The van der Waals surface area contributed by atoms with Crippen molar-refractivity contribution < 1.29 is 14.6 Å². The molecule has 1 atom stereocenters. The monoisotopic (exact) mass is 515 g/mol. The van der Waals surface area contributed by atoms with Crippen molar-refractivity contribution in [2.75, 3.05) is 19.0 Å². The molecule has 12 heteroatoms. The van der Waals surface area contributed by atoms with Gasteiger partial charge in [-0.3, -0.25) is 9.48 Å². The predicted octanol–water partition coefficient (Wildman–Crippen LogP) is 2.57. The largest absolute Gasteiger partial charge is 0.389 e. The van der Waals surface area contributed by atoms with Crippen molar-refractivity contribution in [3.63, 3.8) is 0 Å². The predicted molar refractivity (Wildman–Crippen MR) is 141 cm³/mol. The first-order valence-electron chi connectivity index (χ1n) is 12.1. The molecule has 4 aromatic heterocycles. The van der Waals surface area contributed by atoms with E-state index in [1.54, 1.807) is 29.6 Å². The van der Waals surface area contributed by atoms with Gasteiger partial charge < -0.3 is 15.2 Å². The number of aliphatic hydroxyl groups is 1. The van der Waals surface area contributed by atoms with E-state index < -0.39 is 6.10 Å². The van der Waals surface area contributed by atoms with E-state index >= 15 is 0 Å². The summed E-state index contributed by atoms with van der Waals surface area (Å²) in [6.07, 6.45) is 2.72. The first kappa shape index (κ1) is 25.2. The third-order valence-electron chi connectivity index (χ3n) is 6.43. The summed E-state index contributed by atoms with van der Waals surface area (Å²) in [5.74, 6) is 0.195. The lowest BCUT2D eigenvalue weighted by atomic mass is 10.0. The van der Waals surface area contributed by atoms with Crippen LogP contribution >= 0.6 is 0 Å². The number of hydrogen-bond acceptors (Lipinski definition) is 8. The Labute approximate surface area is 218 Å². The van der Waals surface area contributed by atoms with E-state index in [4.69, 9.17) is 4.74 Å². The summed E-state index contributed by atoms with van der Waals surface area (Å²) in [5.41, 5.74) is 6.99. The average Bonchev–Trinajstić information content (AvgIpc) is 3.57. The van der Waals surface area contributed by atoms with Gasteiger partial charge in [0.15, 0.2) is 0 Å². The van der Waals surface area contributed by atoms with Gasteiger partial charge in [-0.2, -0.15) is 15.0 Å². The lowest BCUT2D eigenvalue weighted by molar-refractivity contribution is 0.0509. The highest BCUT2D eigenvalue weighted by molar-refractivity contribution is 6.09. The lowest BCUT2D eigenvalue weighted by Gasteiger charge is -2.11. The quantitative estimate of drug-likeness (QED) is 0.322. The average molecular weight is 516 g/mol. The Morgan fingerprint density at radius 2 is 1.95 bits per heavy atom. The number of carbonyl (C=O) groups excluding carboxylic acids is 1. The Balaban J connectivity index is 1.45. The minimum absolute atomic E-state index is 0.228. The van der Waals surface area contributed by atoms with Crippen LogP contribution in [0.4, 0.5) is 5.69 Å². The fraction of sp³-hybridized carbons (Fsp3) is 0.308. The van der Waals surface area contributed by atoms with Gasteiger partial charge in [0, 0.05) is 35.8 Å². The number of ether oxygens (including phenoxy) is 1. The molecule has 0 spiro atoms. The summed E-state index contributed by atoms with van der Waals surface area (Å²) < 4.78 is 8.49. The summed E-state index contributed by atoms with van der Waals surface area (Å²) in [4.78, 5) is 14.8. The number of amides is 1. The van der Waals surface area contributed by atoms with Crippen molar-refractivity contribution in [3.8, 4) is 22.5 Å². The molecule has 0 aliphatic carbocycles. The van der Waals surface area contributed by atoms with Crippen LogP contribution in [-0.4, -0.2) is 70.4 Å². The lowest BCUT2D eigenvalue weighted by Crippen LogP contribution is -2.22. The van der Waals surface area contributed by atoms with Crippen LogP contribution in [0, 0.1) is 20.8 Å². The standard InChI is InChI=1S/C26H29N9O3/c1-15-6-7-19(25-29-32-33(4)31-25)10-22(15)28-26(37)21-12-27-34-9-8-18(11-23(21)34)24-16(2)30-35(17(24)3)13-20(36)14-38-5/h6-12,20,36H,13-14H2,1-5H3,(H,28,37)/t20-/m0/s1. The van der Waals surface area contributed by atoms with Gasteiger partial charge in [0.05, 0.1) is 49.3 Å². The summed E-state index contributed by atoms with van der Waals surface area (Å²) >= 11 is 0. The Kier molecular flexibility index (Phi) is 6.74. The van der Waals surface area contributed by atoms with Gasteiger partial charge in [0.2, 0.25) is 5.82 Å². The second kappa shape index (κ2) is 10.1. The fourth-order valence-electron chi connectivity index (χ4n) is 4.53. The van der Waals surface area contributed by atoms with E-state index in [0.29, 0.717) is 29.1 Å². The maximum absolute atomic E-state index is 13.4. The molecule has 196 valence electrons. The molecule has 0 fully saturated rings. The van der Waals surface area contributed by atoms with Gasteiger partial charge >= 0.3 is 0 Å². The molecule has 0 aliphatic heterocycles. The molecule has 5 aromatic rings. The Bertz CT molecular complexity index is 1630. The number of hydrogen-bond donors (Lipinski definition) is 2. The van der Waals surface area contributed by atoms with Crippen molar-refractivity contribution in [1.82, 2.24) is 39.6 Å². The Hall–Kier alpha value is -4.42. The smallest absolute Gasteiger partial charge is 0.259 e. The normalized spacial score (nSPS) is 12.3. The first-order valence-corrected chi connectivity index (χ1v) is 12.1. The number of nitrogens with zero attached hydrogens (tertiary/aromatic N) is 8. The van der Waals surface area contributed by atoms with Gasteiger partial charge in [-0.1, -0.05) is 12.1 Å². The molecule has 1 amide bonds. The zero-order valence-corrected chi connectivity index (χ0v) is 21.9. The molecular formula is C26H29N9O3. The maximum atomic E-state index is 13.4. The SMILES string of the molecule is COC[C@@H](O)Cn1nc(C)c(-c2ccn3ncc(C(=O)Nc4cc(-c5nnn(C)n5)ccc4C)c3c2)c1C. The zero-order chi connectivity index (χ0) is 27.0. The Morgan fingerprint density at radius 1 is 1.13 bits per heavy atom. The van der Waals surface area contributed by atoms with Crippen LogP contribution in [0.2, 0.25) is 0 Å². The number of rotatable bonds is 8. The Morgan fingerprint density at radius 3 is 2.68 bits per heavy atom. The number of pyridine rings is 1. The molecule has 0 saturated carbocycles. The number of anilines is 1. The number of fused-ring (bicyclic) bond motifs is 1. The summed E-state index contributed by atoms with van der Waals surface area (Å²) in [6, 6.07) is 9.50. The van der Waals surface area contributed by atoms with Crippen molar-refractivity contribution in [2.24, 2.45) is 7.05 Å². The second-order valence-electron chi connectivity index (χ2n) is 9.23. The van der Waals surface area contributed by atoms with Gasteiger partial charge in [-0.25, -0.2) is 4.52 Å². The molecular weight excluding hydrogens is 486 g/mol. The third-order valence-corrected chi connectivity index (χ3v) is 6.43. The number of nitrogens with one attached hydrogen (secondary N) is 1. The van der Waals surface area contributed by atoms with Gasteiger partial charge in [0.1, 0.15) is 0 Å². The molecule has 38 heavy (non-hydrogen) atoms. The van der Waals surface area contributed by atoms with Crippen molar-refractivity contribution in [1.29, 1.82) is 0 Å². The molecule has 0 bridgehead atoms. The number of aryl methyl sites for hydroxylation is 3. The van der Waals surface area contributed by atoms with E-state index in [2.05, 4.69) is 30.9 Å². The van der Waals surface area contributed by atoms with E-state index in [9.17, 15) is 9.90 Å². The molecule has 0 radical (unpaired) electrons. The van der Waals surface area contributed by atoms with E-state index in [-0.39, 0.29) is 12.5 Å². The highest BCUT2D eigenvalue weighted by atomic mass is 16.5. The molecule has 12 nitrogen and oxygen atoms in total. The first-order chi connectivity index (χ1) is 18.2. The molecule has 2 N–H and O–H groups in total. The number of benzene rings is 1. The van der Waals surface area contributed by atoms with E-state index in [1.165, 1.54) is 4.80 Å². The molecule has 0 saturated heterocycles. The maximum Gasteiger partial charge on any atom is 0.259 e. The number of tetrazole rings is 1. The molecule has 5 rings (SSSR count). The van der Waals surface area contributed by atoms with Crippen LogP contribution in [0.3, 0.4) is 0 Å². The topological polar surface area (TPSA) is 137 Å². The van der Waals surface area contributed by atoms with Gasteiger partial charge in [0.25, 0.3) is 5.91 Å². The highest BCUT2D eigenvalue weighted by Crippen LogP contribution is 2.29. The number of methoxy groups -OCH3 is 1. The van der Waals surface area contributed by atoms with Gasteiger partial charge in [-0.05, 0) is 55.3 Å². The molecule has 0 aliphatic rings. The molecule has 1 aromatic carbocycles. The van der Waals surface area contributed by atoms with Crippen LogP contribution < -0.4 is 5.32 Å². The van der Waals surface area contributed by atoms with Crippen molar-refractivity contribution >= 4 is 17.1 Å². The van der Waals surface area contributed by atoms with Gasteiger partial charge in [-0.15, -0.1) is 10.2 Å². The van der Waals surface area contributed by atoms with Crippen LogP contribution in [0.15, 0.2) is 42.7 Å². The van der Waals surface area contributed by atoms with Crippen LogP contribution in [0.5, 0.6) is 0 Å². The van der Waals surface area contributed by atoms with E-state index in [1.807, 2.05) is 57.3 Å². The minimum Gasteiger partial charge on any atom is -0.389 e. The van der Waals surface area contributed by atoms with Crippen LogP contribution in [0.25, 0.3) is 28.0 Å². The molecule has 0 unspecified atom stereocenters. The van der Waals surface area contributed by atoms with E-state index in [0.717, 1.165) is 33.6 Å². The third kappa shape index (κ3) is 4.78. The van der Waals surface area contributed by atoms with Crippen molar-refractivity contribution in [2.45, 2.75) is 33.4 Å². The number of carbonyl (C=O) groups is 1. The van der Waals surface area contributed by atoms with Crippen LogP contribution in [0.1, 0.15) is 27.3 Å². The fourth-order valence-corrected chi connectivity index (χ4v) is 4.53. The van der Waals surface area contributed by atoms with Crippen LogP contribution in [-0.2, 0) is 18.3 Å². The number of aliphatic hydroxyl groups excluding tert-OH is 1. The molecule has 4 heterocycles. The highest BCUT2D eigenvalue weighted by Gasteiger charge is 2.19. The summed E-state index contributed by atoms with van der Waals surface area (Å²) in [6.45, 7) is 6.37. The number of aromatic nitrogens is 8. The summed E-state index contributed by atoms with van der Waals surface area (Å²) in [7, 11) is 3.25. The zero-order valence-electron chi connectivity index (χ0n) is 21.9. The minimum atomic E-state index is -0.662. The second-order valence-corrected chi connectivity index (χ2v) is 9.23. The van der Waals surface area contributed by atoms with Crippen molar-refractivity contribution in [3.05, 3.63) is 65.2 Å². The summed E-state index contributed by atoms with van der Waals surface area (Å²) in [5, 5.41) is 34.4.